The van der Waals surface area contributed by atoms with E-state index >= 15 is 0 Å². The van der Waals surface area contributed by atoms with Gasteiger partial charge in [0.2, 0.25) is 0 Å². The third-order valence-corrected chi connectivity index (χ3v) is 3.99. The average molecular weight is 197 g/mol. The molecule has 2 nitrogen and oxygen atoms in total. The summed E-state index contributed by atoms with van der Waals surface area (Å²) < 4.78 is 0. The number of rotatable bonds is 1. The van der Waals surface area contributed by atoms with Crippen LogP contribution in [0.2, 0.25) is 0 Å². The Hall–Kier alpha value is -0.0800. The van der Waals surface area contributed by atoms with E-state index in [4.69, 9.17) is 0 Å². The smallest absolute Gasteiger partial charge is 0.0583 e. The molecule has 0 aromatic carbocycles. The predicted octanol–water partition coefficient (Wildman–Crippen LogP) is 1.93. The van der Waals surface area contributed by atoms with Gasteiger partial charge in [-0.2, -0.15) is 0 Å². The zero-order valence-corrected chi connectivity index (χ0v) is 9.21. The van der Waals surface area contributed by atoms with Crippen molar-refractivity contribution in [1.29, 1.82) is 0 Å². The molecule has 0 bridgehead atoms. The van der Waals surface area contributed by atoms with E-state index < -0.39 is 0 Å². The largest absolute Gasteiger partial charge is 0.393 e. The van der Waals surface area contributed by atoms with Crippen molar-refractivity contribution in [3.8, 4) is 0 Å². The lowest BCUT2D eigenvalue weighted by Crippen LogP contribution is -2.46. The number of nitrogens with one attached hydrogen (secondary N) is 1. The lowest BCUT2D eigenvalue weighted by Gasteiger charge is -2.39. The van der Waals surface area contributed by atoms with E-state index in [-0.39, 0.29) is 6.10 Å². The van der Waals surface area contributed by atoms with Crippen LogP contribution in [0.4, 0.5) is 0 Å². The summed E-state index contributed by atoms with van der Waals surface area (Å²) in [6.07, 6.45) is 7.34. The summed E-state index contributed by atoms with van der Waals surface area (Å²) >= 11 is 0. The van der Waals surface area contributed by atoms with Crippen molar-refractivity contribution in [3.05, 3.63) is 0 Å². The summed E-state index contributed by atoms with van der Waals surface area (Å²) in [5.74, 6) is 1.34. The fourth-order valence-electron chi connectivity index (χ4n) is 3.09. The first-order chi connectivity index (χ1) is 6.77. The van der Waals surface area contributed by atoms with Gasteiger partial charge in [0.05, 0.1) is 6.10 Å². The van der Waals surface area contributed by atoms with Crippen molar-refractivity contribution >= 4 is 0 Å². The Balaban J connectivity index is 1.92. The summed E-state index contributed by atoms with van der Waals surface area (Å²) in [7, 11) is 0. The number of aliphatic hydroxyl groups excluding tert-OH is 1. The summed E-state index contributed by atoms with van der Waals surface area (Å²) in [5.41, 5.74) is 0. The molecular formula is C12H23NO. The van der Waals surface area contributed by atoms with Crippen LogP contribution in [0.25, 0.3) is 0 Å². The van der Waals surface area contributed by atoms with Crippen LogP contribution in [0, 0.1) is 11.8 Å². The Kier molecular flexibility index (Phi) is 3.45. The van der Waals surface area contributed by atoms with Crippen LogP contribution in [0.1, 0.15) is 45.4 Å². The minimum absolute atomic E-state index is 0.0400. The zero-order chi connectivity index (χ0) is 9.97. The predicted molar refractivity (Wildman–Crippen MR) is 58.2 cm³/mol. The SMILES string of the molecule is CC1CCC(O)C(C2CCCCN2)C1. The van der Waals surface area contributed by atoms with Crippen LogP contribution in [-0.4, -0.2) is 23.8 Å². The van der Waals surface area contributed by atoms with E-state index in [1.165, 1.54) is 32.1 Å². The molecule has 2 aliphatic rings. The topological polar surface area (TPSA) is 32.3 Å². The van der Waals surface area contributed by atoms with E-state index in [9.17, 15) is 5.11 Å². The quantitative estimate of drug-likeness (QED) is 0.673. The molecule has 14 heavy (non-hydrogen) atoms. The lowest BCUT2D eigenvalue weighted by atomic mass is 9.75. The standard InChI is InChI=1S/C12H23NO/c1-9-5-6-12(14)10(8-9)11-4-2-3-7-13-11/h9-14H,2-8H2,1H3. The van der Waals surface area contributed by atoms with Crippen LogP contribution in [0.3, 0.4) is 0 Å². The molecule has 0 aromatic heterocycles. The van der Waals surface area contributed by atoms with Gasteiger partial charge in [-0.1, -0.05) is 13.3 Å². The van der Waals surface area contributed by atoms with Crippen molar-refractivity contribution in [2.75, 3.05) is 6.54 Å². The Morgan fingerprint density at radius 2 is 2.00 bits per heavy atom. The Morgan fingerprint density at radius 3 is 2.71 bits per heavy atom. The van der Waals surface area contributed by atoms with Crippen molar-refractivity contribution < 1.29 is 5.11 Å². The normalized spacial score (nSPS) is 45.0. The van der Waals surface area contributed by atoms with Gasteiger partial charge in [-0.3, -0.25) is 0 Å². The molecule has 2 heteroatoms. The van der Waals surface area contributed by atoms with Gasteiger partial charge in [0, 0.05) is 12.0 Å². The van der Waals surface area contributed by atoms with Crippen molar-refractivity contribution in [1.82, 2.24) is 5.32 Å². The van der Waals surface area contributed by atoms with E-state index in [2.05, 4.69) is 12.2 Å². The second-order valence-electron chi connectivity index (χ2n) is 5.21. The van der Waals surface area contributed by atoms with E-state index in [0.717, 1.165) is 18.9 Å². The van der Waals surface area contributed by atoms with Gasteiger partial charge in [0.1, 0.15) is 0 Å². The Labute approximate surface area is 87.1 Å². The van der Waals surface area contributed by atoms with Gasteiger partial charge in [-0.05, 0) is 44.6 Å². The summed E-state index contributed by atoms with van der Waals surface area (Å²) in [5, 5.41) is 13.6. The highest BCUT2D eigenvalue weighted by atomic mass is 16.3. The molecular weight excluding hydrogens is 174 g/mol. The molecule has 0 amide bonds. The van der Waals surface area contributed by atoms with Crippen LogP contribution >= 0.6 is 0 Å². The molecule has 1 aliphatic heterocycles. The lowest BCUT2D eigenvalue weighted by molar-refractivity contribution is 0.0257. The first kappa shape index (κ1) is 10.4. The van der Waals surface area contributed by atoms with Crippen LogP contribution in [0.15, 0.2) is 0 Å². The second kappa shape index (κ2) is 4.63. The maximum Gasteiger partial charge on any atom is 0.0583 e. The minimum Gasteiger partial charge on any atom is -0.393 e. The maximum absolute atomic E-state index is 10.00. The van der Waals surface area contributed by atoms with Gasteiger partial charge < -0.3 is 10.4 Å². The minimum atomic E-state index is -0.0400. The second-order valence-corrected chi connectivity index (χ2v) is 5.21. The molecule has 4 atom stereocenters. The molecule has 82 valence electrons. The highest BCUT2D eigenvalue weighted by Crippen LogP contribution is 2.33. The van der Waals surface area contributed by atoms with Crippen molar-refractivity contribution in [2.45, 2.75) is 57.6 Å². The van der Waals surface area contributed by atoms with Gasteiger partial charge >= 0.3 is 0 Å². The molecule has 0 aromatic rings. The Morgan fingerprint density at radius 1 is 1.14 bits per heavy atom. The molecule has 1 saturated carbocycles. The van der Waals surface area contributed by atoms with Crippen molar-refractivity contribution in [3.63, 3.8) is 0 Å². The maximum atomic E-state index is 10.00. The van der Waals surface area contributed by atoms with E-state index in [0.29, 0.717) is 12.0 Å². The van der Waals surface area contributed by atoms with Crippen LogP contribution in [-0.2, 0) is 0 Å². The van der Waals surface area contributed by atoms with Crippen LogP contribution < -0.4 is 5.32 Å². The fraction of sp³-hybridized carbons (Fsp3) is 1.00. The summed E-state index contributed by atoms with van der Waals surface area (Å²) in [6, 6.07) is 0.599. The number of hydrogen-bond donors (Lipinski definition) is 2. The van der Waals surface area contributed by atoms with E-state index in [1.807, 2.05) is 0 Å². The summed E-state index contributed by atoms with van der Waals surface area (Å²) in [4.78, 5) is 0. The monoisotopic (exact) mass is 197 g/mol. The Bertz CT molecular complexity index is 177. The van der Waals surface area contributed by atoms with Gasteiger partial charge in [-0.25, -0.2) is 0 Å². The highest BCUT2D eigenvalue weighted by Gasteiger charge is 2.33. The number of aliphatic hydroxyl groups is 1. The molecule has 1 heterocycles. The van der Waals surface area contributed by atoms with Crippen LogP contribution in [0.5, 0.6) is 0 Å². The fourth-order valence-corrected chi connectivity index (χ4v) is 3.09. The first-order valence-electron chi connectivity index (χ1n) is 6.19. The molecule has 1 aliphatic carbocycles. The number of hydrogen-bond acceptors (Lipinski definition) is 2. The third kappa shape index (κ3) is 2.29. The van der Waals surface area contributed by atoms with Gasteiger partial charge in [-0.15, -0.1) is 0 Å². The van der Waals surface area contributed by atoms with E-state index in [1.54, 1.807) is 0 Å². The van der Waals surface area contributed by atoms with Crippen molar-refractivity contribution in [2.24, 2.45) is 11.8 Å². The highest BCUT2D eigenvalue weighted by molar-refractivity contribution is 4.88. The molecule has 1 saturated heterocycles. The molecule has 0 spiro atoms. The number of piperidine rings is 1. The molecule has 2 N–H and O–H groups in total. The van der Waals surface area contributed by atoms with Gasteiger partial charge in [0.15, 0.2) is 0 Å². The molecule has 2 rings (SSSR count). The van der Waals surface area contributed by atoms with Gasteiger partial charge in [0.25, 0.3) is 0 Å². The zero-order valence-electron chi connectivity index (χ0n) is 9.21. The first-order valence-corrected chi connectivity index (χ1v) is 6.19. The third-order valence-electron chi connectivity index (χ3n) is 3.99. The summed E-state index contributed by atoms with van der Waals surface area (Å²) in [6.45, 7) is 3.48. The average Bonchev–Trinajstić information content (AvgIpc) is 2.23. The molecule has 2 fully saturated rings. The molecule has 0 radical (unpaired) electrons. The molecule has 4 unspecified atom stereocenters.